The normalized spacial score (nSPS) is 14.8. The minimum atomic E-state index is -0.280. The molecule has 31 heavy (non-hydrogen) atoms. The summed E-state index contributed by atoms with van der Waals surface area (Å²) in [6, 6.07) is 12.3. The van der Waals surface area contributed by atoms with Crippen LogP contribution in [0.15, 0.2) is 54.7 Å². The van der Waals surface area contributed by atoms with Crippen molar-refractivity contribution in [3.05, 3.63) is 81.9 Å². The summed E-state index contributed by atoms with van der Waals surface area (Å²) < 4.78 is 15.7. The summed E-state index contributed by atoms with van der Waals surface area (Å²) in [6.07, 6.45) is 5.98. The molecule has 0 atom stereocenters. The maximum Gasteiger partial charge on any atom is 0.148 e. The SMILES string of the molecule is Cc1c(C=CCN2CCN(c3cc(Cl)cc(Cl)c3)CC2)cnn1-c1ccccc1F.Cl. The second-order valence-electron chi connectivity index (χ2n) is 7.37. The van der Waals surface area contributed by atoms with Crippen molar-refractivity contribution >= 4 is 47.4 Å². The Morgan fingerprint density at radius 3 is 2.39 bits per heavy atom. The van der Waals surface area contributed by atoms with Gasteiger partial charge in [0, 0.05) is 59.7 Å². The topological polar surface area (TPSA) is 24.3 Å². The van der Waals surface area contributed by atoms with Gasteiger partial charge < -0.3 is 4.90 Å². The van der Waals surface area contributed by atoms with Crippen LogP contribution in [-0.2, 0) is 0 Å². The molecule has 1 aromatic heterocycles. The van der Waals surface area contributed by atoms with Crippen LogP contribution in [-0.4, -0.2) is 47.4 Å². The van der Waals surface area contributed by atoms with Crippen molar-refractivity contribution in [3.63, 3.8) is 0 Å². The van der Waals surface area contributed by atoms with Crippen LogP contribution >= 0.6 is 35.6 Å². The van der Waals surface area contributed by atoms with Gasteiger partial charge in [-0.15, -0.1) is 12.4 Å². The molecule has 3 aromatic rings. The fourth-order valence-corrected chi connectivity index (χ4v) is 4.21. The van der Waals surface area contributed by atoms with E-state index < -0.39 is 0 Å². The molecule has 1 aliphatic rings. The van der Waals surface area contributed by atoms with E-state index in [4.69, 9.17) is 23.2 Å². The molecule has 1 fully saturated rings. The van der Waals surface area contributed by atoms with E-state index >= 15 is 0 Å². The van der Waals surface area contributed by atoms with E-state index in [2.05, 4.69) is 27.1 Å². The number of anilines is 1. The zero-order valence-electron chi connectivity index (χ0n) is 17.1. The van der Waals surface area contributed by atoms with Crippen LogP contribution < -0.4 is 4.90 Å². The average molecular weight is 482 g/mol. The van der Waals surface area contributed by atoms with Gasteiger partial charge in [0.25, 0.3) is 0 Å². The molecule has 164 valence electrons. The number of benzene rings is 2. The van der Waals surface area contributed by atoms with Gasteiger partial charge in [-0.05, 0) is 37.3 Å². The van der Waals surface area contributed by atoms with Crippen LogP contribution in [0.5, 0.6) is 0 Å². The van der Waals surface area contributed by atoms with Crippen LogP contribution in [0.4, 0.5) is 10.1 Å². The van der Waals surface area contributed by atoms with Gasteiger partial charge in [0.1, 0.15) is 11.5 Å². The summed E-state index contributed by atoms with van der Waals surface area (Å²) in [5, 5.41) is 5.68. The van der Waals surface area contributed by atoms with Crippen molar-refractivity contribution in [3.8, 4) is 5.69 Å². The first-order valence-corrected chi connectivity index (χ1v) is 10.7. The number of para-hydroxylation sites is 1. The molecule has 0 aliphatic carbocycles. The van der Waals surface area contributed by atoms with Crippen molar-refractivity contribution < 1.29 is 4.39 Å². The molecule has 8 heteroatoms. The third-order valence-electron chi connectivity index (χ3n) is 5.37. The quantitative estimate of drug-likeness (QED) is 0.454. The minimum Gasteiger partial charge on any atom is -0.369 e. The Bertz CT molecular complexity index is 1040. The maximum absolute atomic E-state index is 14.1. The van der Waals surface area contributed by atoms with Gasteiger partial charge in [-0.2, -0.15) is 5.10 Å². The highest BCUT2D eigenvalue weighted by atomic mass is 35.5. The average Bonchev–Trinajstić information content (AvgIpc) is 3.08. The maximum atomic E-state index is 14.1. The second-order valence-corrected chi connectivity index (χ2v) is 8.24. The molecule has 0 amide bonds. The summed E-state index contributed by atoms with van der Waals surface area (Å²) in [5.41, 5.74) is 3.44. The second kappa shape index (κ2) is 10.5. The molecule has 1 saturated heterocycles. The van der Waals surface area contributed by atoms with Crippen molar-refractivity contribution in [2.75, 3.05) is 37.6 Å². The monoisotopic (exact) mass is 480 g/mol. The summed E-state index contributed by atoms with van der Waals surface area (Å²) in [5.74, 6) is -0.280. The molecule has 4 rings (SSSR count). The molecule has 4 nitrogen and oxygen atoms in total. The Balaban J connectivity index is 0.00000272. The number of nitrogens with zero attached hydrogens (tertiary/aromatic N) is 4. The highest BCUT2D eigenvalue weighted by molar-refractivity contribution is 6.35. The third kappa shape index (κ3) is 5.60. The predicted molar refractivity (Wildman–Crippen MR) is 130 cm³/mol. The van der Waals surface area contributed by atoms with Crippen LogP contribution in [0, 0.1) is 12.7 Å². The predicted octanol–water partition coefficient (Wildman–Crippen LogP) is 5.88. The summed E-state index contributed by atoms with van der Waals surface area (Å²) in [4.78, 5) is 4.70. The van der Waals surface area contributed by atoms with Crippen LogP contribution in [0.3, 0.4) is 0 Å². The Kier molecular flexibility index (Phi) is 8.00. The summed E-state index contributed by atoms with van der Waals surface area (Å²) in [7, 11) is 0. The van der Waals surface area contributed by atoms with E-state index in [1.54, 1.807) is 29.1 Å². The standard InChI is InChI=1S/C23H23Cl2FN4.ClH/c1-17-18(16-27-30(17)23-7-3-2-6-22(23)26)5-4-8-28-9-11-29(12-10-28)21-14-19(24)13-20(25)15-21;/h2-7,13-16H,8-12H2,1H3;1H. The van der Waals surface area contributed by atoms with Crippen molar-refractivity contribution in [1.82, 2.24) is 14.7 Å². The van der Waals surface area contributed by atoms with Gasteiger partial charge >= 0.3 is 0 Å². The van der Waals surface area contributed by atoms with Gasteiger partial charge in [-0.3, -0.25) is 4.90 Å². The molecule has 0 radical (unpaired) electrons. The van der Waals surface area contributed by atoms with Crippen LogP contribution in [0.25, 0.3) is 11.8 Å². The minimum absolute atomic E-state index is 0. The number of hydrogen-bond donors (Lipinski definition) is 0. The Labute approximate surface area is 198 Å². The highest BCUT2D eigenvalue weighted by Crippen LogP contribution is 2.26. The Morgan fingerprint density at radius 1 is 1.03 bits per heavy atom. The lowest BCUT2D eigenvalue weighted by Gasteiger charge is -2.35. The number of piperazine rings is 1. The van der Waals surface area contributed by atoms with Crippen molar-refractivity contribution in [2.24, 2.45) is 0 Å². The lowest BCUT2D eigenvalue weighted by atomic mass is 10.2. The highest BCUT2D eigenvalue weighted by Gasteiger charge is 2.17. The van der Waals surface area contributed by atoms with Crippen molar-refractivity contribution in [2.45, 2.75) is 6.92 Å². The number of hydrogen-bond acceptors (Lipinski definition) is 3. The lowest BCUT2D eigenvalue weighted by molar-refractivity contribution is 0.284. The van der Waals surface area contributed by atoms with Gasteiger partial charge in [-0.25, -0.2) is 9.07 Å². The molecule has 1 aliphatic heterocycles. The van der Waals surface area contributed by atoms with E-state index in [0.717, 1.165) is 49.7 Å². The molecule has 0 N–H and O–H groups in total. The largest absolute Gasteiger partial charge is 0.369 e. The molecule has 0 saturated carbocycles. The lowest BCUT2D eigenvalue weighted by Crippen LogP contribution is -2.46. The molecule has 2 heterocycles. The molecule has 2 aromatic carbocycles. The van der Waals surface area contributed by atoms with E-state index in [-0.39, 0.29) is 18.2 Å². The third-order valence-corrected chi connectivity index (χ3v) is 5.81. The van der Waals surface area contributed by atoms with Crippen LogP contribution in [0.1, 0.15) is 11.3 Å². The molecule has 0 unspecified atom stereocenters. The fourth-order valence-electron chi connectivity index (χ4n) is 3.69. The number of rotatable bonds is 5. The van der Waals surface area contributed by atoms with E-state index in [0.29, 0.717) is 15.7 Å². The molecule has 0 bridgehead atoms. The zero-order chi connectivity index (χ0) is 21.1. The summed E-state index contributed by atoms with van der Waals surface area (Å²) in [6.45, 7) is 6.58. The molecular weight excluding hydrogens is 458 g/mol. The first kappa shape index (κ1) is 23.6. The van der Waals surface area contributed by atoms with E-state index in [9.17, 15) is 4.39 Å². The first-order chi connectivity index (χ1) is 14.5. The van der Waals surface area contributed by atoms with E-state index in [1.807, 2.05) is 25.1 Å². The first-order valence-electron chi connectivity index (χ1n) is 9.91. The smallest absolute Gasteiger partial charge is 0.148 e. The van der Waals surface area contributed by atoms with E-state index in [1.165, 1.54) is 6.07 Å². The van der Waals surface area contributed by atoms with Gasteiger partial charge in [0.2, 0.25) is 0 Å². The van der Waals surface area contributed by atoms with Gasteiger partial charge in [0.15, 0.2) is 0 Å². The summed E-state index contributed by atoms with van der Waals surface area (Å²) >= 11 is 12.3. The van der Waals surface area contributed by atoms with Crippen LogP contribution in [0.2, 0.25) is 10.0 Å². The number of halogens is 4. The molecular formula is C23H24Cl3FN4. The Hall–Kier alpha value is -2.05. The van der Waals surface area contributed by atoms with Gasteiger partial charge in [-0.1, -0.05) is 47.5 Å². The zero-order valence-corrected chi connectivity index (χ0v) is 19.5. The number of aromatic nitrogens is 2. The van der Waals surface area contributed by atoms with Crippen molar-refractivity contribution in [1.29, 1.82) is 0 Å². The fraction of sp³-hybridized carbons (Fsp3) is 0.261. The molecule has 0 spiro atoms. The Morgan fingerprint density at radius 2 is 1.71 bits per heavy atom. The van der Waals surface area contributed by atoms with Gasteiger partial charge in [0.05, 0.1) is 6.20 Å².